The first kappa shape index (κ1) is 18.9. The molecule has 23 heavy (non-hydrogen) atoms. The fraction of sp³-hybridized carbons (Fsp3) is 0.125. The number of halogens is 2. The van der Waals surface area contributed by atoms with E-state index < -0.39 is 5.82 Å². The zero-order valence-electron chi connectivity index (χ0n) is 12.5. The van der Waals surface area contributed by atoms with E-state index in [4.69, 9.17) is 5.73 Å². The molecule has 1 amide bonds. The lowest BCUT2D eigenvalue weighted by atomic mass is 10.2. The summed E-state index contributed by atoms with van der Waals surface area (Å²) in [6.45, 7) is 1.81. The molecule has 5 nitrogen and oxygen atoms in total. The molecule has 0 radical (unpaired) electrons. The molecule has 0 heterocycles. The largest absolute Gasteiger partial charge is 0.370 e. The van der Waals surface area contributed by atoms with Gasteiger partial charge in [0.05, 0.1) is 0 Å². The number of nitrogens with zero attached hydrogens (tertiary/aromatic N) is 1. The van der Waals surface area contributed by atoms with Crippen LogP contribution in [0.1, 0.15) is 5.56 Å². The molecule has 0 aliphatic rings. The van der Waals surface area contributed by atoms with Gasteiger partial charge in [0.1, 0.15) is 12.4 Å². The Morgan fingerprint density at radius 2 is 1.78 bits per heavy atom. The Bertz CT molecular complexity index is 706. The maximum absolute atomic E-state index is 13.0. The van der Waals surface area contributed by atoms with Gasteiger partial charge < -0.3 is 16.4 Å². The molecule has 0 bridgehead atoms. The predicted octanol–water partition coefficient (Wildman–Crippen LogP) is 3.12. The van der Waals surface area contributed by atoms with Crippen LogP contribution >= 0.6 is 24.0 Å². The molecule has 2 aromatic rings. The molecule has 122 valence electrons. The summed E-state index contributed by atoms with van der Waals surface area (Å²) in [5, 5.41) is 5.44. The minimum Gasteiger partial charge on any atom is -0.370 e. The summed E-state index contributed by atoms with van der Waals surface area (Å²) in [7, 11) is 0. The van der Waals surface area contributed by atoms with Crippen LogP contribution in [-0.2, 0) is 4.79 Å². The smallest absolute Gasteiger partial charge is 0.246 e. The quantitative estimate of drug-likeness (QED) is 0.398. The van der Waals surface area contributed by atoms with Crippen molar-refractivity contribution in [3.8, 4) is 0 Å². The SMILES string of the molecule is Cc1cccc(NC(N)=NCC(=O)Nc2cccc(F)c2)c1.I. The topological polar surface area (TPSA) is 79.5 Å². The van der Waals surface area contributed by atoms with E-state index in [1.54, 1.807) is 6.07 Å². The number of benzene rings is 2. The summed E-state index contributed by atoms with van der Waals surface area (Å²) in [5.41, 5.74) is 7.98. The zero-order valence-corrected chi connectivity index (χ0v) is 14.9. The lowest BCUT2D eigenvalue weighted by Gasteiger charge is -2.07. The third kappa shape index (κ3) is 6.64. The number of rotatable bonds is 4. The van der Waals surface area contributed by atoms with Crippen molar-refractivity contribution in [3.63, 3.8) is 0 Å². The molecule has 0 saturated carbocycles. The molecule has 2 rings (SSSR count). The van der Waals surface area contributed by atoms with E-state index in [0.29, 0.717) is 5.69 Å². The van der Waals surface area contributed by atoms with Crippen LogP contribution in [0, 0.1) is 12.7 Å². The minimum absolute atomic E-state index is 0. The van der Waals surface area contributed by atoms with Gasteiger partial charge in [0, 0.05) is 11.4 Å². The van der Waals surface area contributed by atoms with Gasteiger partial charge in [-0.15, -0.1) is 24.0 Å². The predicted molar refractivity (Wildman–Crippen MR) is 102 cm³/mol. The van der Waals surface area contributed by atoms with Gasteiger partial charge in [0.15, 0.2) is 5.96 Å². The average Bonchev–Trinajstić information content (AvgIpc) is 2.45. The van der Waals surface area contributed by atoms with Gasteiger partial charge in [-0.05, 0) is 42.8 Å². The van der Waals surface area contributed by atoms with Gasteiger partial charge in [0.25, 0.3) is 0 Å². The molecule has 0 aliphatic heterocycles. The van der Waals surface area contributed by atoms with Crippen molar-refractivity contribution in [3.05, 3.63) is 59.9 Å². The first-order chi connectivity index (χ1) is 10.5. The molecule has 0 unspecified atom stereocenters. The van der Waals surface area contributed by atoms with E-state index in [-0.39, 0.29) is 42.4 Å². The van der Waals surface area contributed by atoms with Gasteiger partial charge >= 0.3 is 0 Å². The number of aliphatic imine (C=N–C) groups is 1. The number of anilines is 2. The summed E-state index contributed by atoms with van der Waals surface area (Å²) in [6.07, 6.45) is 0. The number of hydrogen-bond donors (Lipinski definition) is 3. The maximum atomic E-state index is 13.0. The highest BCUT2D eigenvalue weighted by Crippen LogP contribution is 2.09. The lowest BCUT2D eigenvalue weighted by molar-refractivity contribution is -0.114. The first-order valence-electron chi connectivity index (χ1n) is 6.72. The van der Waals surface area contributed by atoms with E-state index in [1.807, 2.05) is 31.2 Å². The normalized spacial score (nSPS) is 10.6. The van der Waals surface area contributed by atoms with E-state index in [2.05, 4.69) is 15.6 Å². The summed E-state index contributed by atoms with van der Waals surface area (Å²) in [4.78, 5) is 15.7. The molecule has 4 N–H and O–H groups in total. The summed E-state index contributed by atoms with van der Waals surface area (Å²) in [6, 6.07) is 13.3. The molecule has 0 saturated heterocycles. The fourth-order valence-electron chi connectivity index (χ4n) is 1.83. The van der Waals surface area contributed by atoms with Crippen molar-refractivity contribution < 1.29 is 9.18 Å². The highest BCUT2D eigenvalue weighted by Gasteiger charge is 2.03. The molecule has 0 aliphatic carbocycles. The van der Waals surface area contributed by atoms with Crippen molar-refractivity contribution in [2.45, 2.75) is 6.92 Å². The molecular weight excluding hydrogens is 410 g/mol. The number of guanidine groups is 1. The number of carbonyl (C=O) groups is 1. The number of nitrogens with one attached hydrogen (secondary N) is 2. The van der Waals surface area contributed by atoms with Crippen molar-refractivity contribution >= 4 is 47.2 Å². The Balaban J connectivity index is 0.00000264. The molecule has 0 spiro atoms. The van der Waals surface area contributed by atoms with Gasteiger partial charge in [0.2, 0.25) is 5.91 Å². The molecule has 0 fully saturated rings. The minimum atomic E-state index is -0.415. The van der Waals surface area contributed by atoms with Gasteiger partial charge in [-0.25, -0.2) is 9.38 Å². The second-order valence-corrected chi connectivity index (χ2v) is 4.75. The Labute approximate surface area is 151 Å². The van der Waals surface area contributed by atoms with Crippen LogP contribution in [0.5, 0.6) is 0 Å². The highest BCUT2D eigenvalue weighted by molar-refractivity contribution is 14.0. The third-order valence-electron chi connectivity index (χ3n) is 2.79. The Hall–Kier alpha value is -2.16. The number of amides is 1. The maximum Gasteiger partial charge on any atom is 0.246 e. The molecule has 2 aromatic carbocycles. The Morgan fingerprint density at radius 3 is 2.43 bits per heavy atom. The monoisotopic (exact) mass is 428 g/mol. The van der Waals surface area contributed by atoms with Crippen LogP contribution < -0.4 is 16.4 Å². The van der Waals surface area contributed by atoms with Crippen LogP contribution in [0.15, 0.2) is 53.5 Å². The van der Waals surface area contributed by atoms with Crippen LogP contribution in [0.3, 0.4) is 0 Å². The first-order valence-corrected chi connectivity index (χ1v) is 6.72. The Morgan fingerprint density at radius 1 is 1.13 bits per heavy atom. The molecule has 0 atom stereocenters. The standard InChI is InChI=1S/C16H17FN4O.HI/c1-11-4-2-6-13(8-11)21-16(18)19-10-15(22)20-14-7-3-5-12(17)9-14;/h2-9H,10H2,1H3,(H,20,22)(H3,18,19,21);1H. The van der Waals surface area contributed by atoms with E-state index in [1.165, 1.54) is 18.2 Å². The summed E-state index contributed by atoms with van der Waals surface area (Å²) >= 11 is 0. The second kappa shape index (κ2) is 9.09. The Kier molecular flexibility index (Phi) is 7.46. The number of hydrogen-bond acceptors (Lipinski definition) is 2. The zero-order chi connectivity index (χ0) is 15.9. The van der Waals surface area contributed by atoms with Crippen molar-refractivity contribution in [1.82, 2.24) is 0 Å². The second-order valence-electron chi connectivity index (χ2n) is 4.75. The van der Waals surface area contributed by atoms with Gasteiger partial charge in [-0.2, -0.15) is 0 Å². The van der Waals surface area contributed by atoms with Crippen LogP contribution in [0.4, 0.5) is 15.8 Å². The van der Waals surface area contributed by atoms with E-state index >= 15 is 0 Å². The van der Waals surface area contributed by atoms with Gasteiger partial charge in [-0.3, -0.25) is 4.79 Å². The van der Waals surface area contributed by atoms with Gasteiger partial charge in [-0.1, -0.05) is 18.2 Å². The number of carbonyl (C=O) groups excluding carboxylic acids is 1. The highest BCUT2D eigenvalue weighted by atomic mass is 127. The molecular formula is C16H18FIN4O. The number of aryl methyl sites for hydroxylation is 1. The average molecular weight is 428 g/mol. The van der Waals surface area contributed by atoms with E-state index in [0.717, 1.165) is 11.3 Å². The lowest BCUT2D eigenvalue weighted by Crippen LogP contribution is -2.25. The van der Waals surface area contributed by atoms with Crippen LogP contribution in [0.25, 0.3) is 0 Å². The molecule has 7 heteroatoms. The number of nitrogens with two attached hydrogens (primary N) is 1. The van der Waals surface area contributed by atoms with Crippen molar-refractivity contribution in [1.29, 1.82) is 0 Å². The molecule has 0 aromatic heterocycles. The summed E-state index contributed by atoms with van der Waals surface area (Å²) < 4.78 is 13.0. The summed E-state index contributed by atoms with van der Waals surface area (Å²) in [5.74, 6) is -0.651. The van der Waals surface area contributed by atoms with Crippen LogP contribution in [-0.4, -0.2) is 18.4 Å². The fourth-order valence-corrected chi connectivity index (χ4v) is 1.83. The van der Waals surface area contributed by atoms with Crippen molar-refractivity contribution in [2.24, 2.45) is 10.7 Å². The third-order valence-corrected chi connectivity index (χ3v) is 2.79. The van der Waals surface area contributed by atoms with Crippen molar-refractivity contribution in [2.75, 3.05) is 17.2 Å². The van der Waals surface area contributed by atoms with Crippen LogP contribution in [0.2, 0.25) is 0 Å². The van der Waals surface area contributed by atoms with E-state index in [9.17, 15) is 9.18 Å².